The number of piperazine rings is 1. The van der Waals surface area contributed by atoms with Crippen LogP contribution in [-0.4, -0.2) is 60.8 Å². The average Bonchev–Trinajstić information content (AvgIpc) is 3.25. The molecule has 1 atom stereocenters. The molecule has 2 aliphatic rings. The van der Waals surface area contributed by atoms with Gasteiger partial charge >= 0.3 is 5.97 Å². The maximum atomic E-state index is 12.8. The molecule has 2 aromatic rings. The lowest BCUT2D eigenvalue weighted by Crippen LogP contribution is -2.53. The first-order valence-electron chi connectivity index (χ1n) is 11.0. The highest BCUT2D eigenvalue weighted by Gasteiger charge is 2.31. The number of anilines is 1. The second-order valence-corrected chi connectivity index (χ2v) is 9.37. The zero-order valence-corrected chi connectivity index (χ0v) is 18.8. The number of hydrogen-bond donors (Lipinski definition) is 1. The molecule has 32 heavy (non-hydrogen) atoms. The molecule has 1 fully saturated rings. The Kier molecular flexibility index (Phi) is 6.11. The topological polar surface area (TPSA) is 79.3 Å². The van der Waals surface area contributed by atoms with E-state index in [1.54, 1.807) is 12.1 Å². The standard InChI is InChI=1S/C25H30N2O5/c1-25(2,3)18-6-4-17(5-7-18)21(28)15-20(24(29)30)27-12-10-26(11-13-27)19-8-9-22-23(14-19)32-16-31-22/h4-9,14,20H,10-13,15-16H2,1-3H3,(H,29,30)/t20-/m1/s1. The number of Topliss-reactive ketones (excluding diaryl/α,β-unsaturated/α-hetero) is 1. The first-order valence-corrected chi connectivity index (χ1v) is 11.0. The van der Waals surface area contributed by atoms with Crippen molar-refractivity contribution in [2.75, 3.05) is 37.9 Å². The number of fused-ring (bicyclic) bond motifs is 1. The Labute approximate surface area is 188 Å². The maximum absolute atomic E-state index is 12.8. The van der Waals surface area contributed by atoms with Gasteiger partial charge < -0.3 is 19.5 Å². The molecule has 0 saturated carbocycles. The van der Waals surface area contributed by atoms with Gasteiger partial charge in [-0.2, -0.15) is 0 Å². The minimum Gasteiger partial charge on any atom is -0.480 e. The summed E-state index contributed by atoms with van der Waals surface area (Å²) in [5, 5.41) is 9.82. The third kappa shape index (κ3) is 4.72. The molecular formula is C25H30N2O5. The van der Waals surface area contributed by atoms with Gasteiger partial charge in [0.1, 0.15) is 6.04 Å². The van der Waals surface area contributed by atoms with Crippen LogP contribution in [0.2, 0.25) is 0 Å². The lowest BCUT2D eigenvalue weighted by atomic mass is 9.86. The van der Waals surface area contributed by atoms with Gasteiger partial charge in [0.25, 0.3) is 0 Å². The number of aliphatic carboxylic acids is 1. The molecular weight excluding hydrogens is 408 g/mol. The van der Waals surface area contributed by atoms with Crippen molar-refractivity contribution in [1.29, 1.82) is 0 Å². The Morgan fingerprint density at radius 1 is 0.969 bits per heavy atom. The quantitative estimate of drug-likeness (QED) is 0.691. The Hall–Kier alpha value is -3.06. The van der Waals surface area contributed by atoms with Crippen molar-refractivity contribution in [3.8, 4) is 11.5 Å². The zero-order chi connectivity index (χ0) is 22.9. The molecule has 7 nitrogen and oxygen atoms in total. The Bertz CT molecular complexity index is 988. The van der Waals surface area contributed by atoms with E-state index in [-0.39, 0.29) is 24.4 Å². The van der Waals surface area contributed by atoms with Crippen molar-refractivity contribution in [3.05, 3.63) is 53.6 Å². The molecule has 1 N–H and O–H groups in total. The van der Waals surface area contributed by atoms with E-state index in [1.165, 1.54) is 0 Å². The fourth-order valence-electron chi connectivity index (χ4n) is 4.20. The molecule has 0 amide bonds. The highest BCUT2D eigenvalue weighted by Crippen LogP contribution is 2.35. The monoisotopic (exact) mass is 438 g/mol. The fraction of sp³-hybridized carbons (Fsp3) is 0.440. The van der Waals surface area contributed by atoms with Crippen molar-refractivity contribution in [3.63, 3.8) is 0 Å². The van der Waals surface area contributed by atoms with E-state index in [0.29, 0.717) is 31.7 Å². The normalized spacial score (nSPS) is 17.3. The Morgan fingerprint density at radius 3 is 2.25 bits per heavy atom. The molecule has 0 bridgehead atoms. The Morgan fingerprint density at radius 2 is 1.62 bits per heavy atom. The summed E-state index contributed by atoms with van der Waals surface area (Å²) < 4.78 is 10.8. The van der Waals surface area contributed by atoms with E-state index in [2.05, 4.69) is 25.7 Å². The van der Waals surface area contributed by atoms with Crippen LogP contribution in [0, 0.1) is 0 Å². The van der Waals surface area contributed by atoms with E-state index in [1.807, 2.05) is 35.2 Å². The highest BCUT2D eigenvalue weighted by atomic mass is 16.7. The molecule has 0 unspecified atom stereocenters. The molecule has 0 aliphatic carbocycles. The third-order valence-electron chi connectivity index (χ3n) is 6.21. The summed E-state index contributed by atoms with van der Waals surface area (Å²) in [7, 11) is 0. The van der Waals surface area contributed by atoms with Crippen LogP contribution in [0.1, 0.15) is 43.1 Å². The van der Waals surface area contributed by atoms with Gasteiger partial charge in [-0.1, -0.05) is 45.0 Å². The summed E-state index contributed by atoms with van der Waals surface area (Å²) in [4.78, 5) is 28.9. The van der Waals surface area contributed by atoms with Crippen LogP contribution in [0.4, 0.5) is 5.69 Å². The van der Waals surface area contributed by atoms with E-state index >= 15 is 0 Å². The molecule has 0 aromatic heterocycles. The van der Waals surface area contributed by atoms with Crippen LogP contribution >= 0.6 is 0 Å². The molecule has 4 rings (SSSR count). The third-order valence-corrected chi connectivity index (χ3v) is 6.21. The Balaban J connectivity index is 1.38. The predicted octanol–water partition coefficient (Wildman–Crippen LogP) is 3.56. The molecule has 2 aliphatic heterocycles. The number of ether oxygens (including phenoxy) is 2. The second kappa shape index (κ2) is 8.82. The average molecular weight is 439 g/mol. The van der Waals surface area contributed by atoms with E-state index in [9.17, 15) is 14.7 Å². The lowest BCUT2D eigenvalue weighted by Gasteiger charge is -2.38. The number of rotatable bonds is 6. The SMILES string of the molecule is CC(C)(C)c1ccc(C(=O)C[C@H](C(=O)O)N2CCN(c3ccc4c(c3)OCO4)CC2)cc1. The summed E-state index contributed by atoms with van der Waals surface area (Å²) in [5.41, 5.74) is 2.73. The number of nitrogens with zero attached hydrogens (tertiary/aromatic N) is 2. The van der Waals surface area contributed by atoms with Gasteiger partial charge in [-0.15, -0.1) is 0 Å². The molecule has 170 valence electrons. The van der Waals surface area contributed by atoms with Gasteiger partial charge in [-0.05, 0) is 23.1 Å². The first-order chi connectivity index (χ1) is 15.2. The summed E-state index contributed by atoms with van der Waals surface area (Å²) >= 11 is 0. The summed E-state index contributed by atoms with van der Waals surface area (Å²) in [6.07, 6.45) is -0.0335. The van der Waals surface area contributed by atoms with Gasteiger partial charge in [-0.25, -0.2) is 0 Å². The minimum atomic E-state index is -0.957. The summed E-state index contributed by atoms with van der Waals surface area (Å²) in [6.45, 7) is 9.09. The van der Waals surface area contributed by atoms with Crippen molar-refractivity contribution in [2.45, 2.75) is 38.6 Å². The van der Waals surface area contributed by atoms with Gasteiger partial charge in [-0.3, -0.25) is 14.5 Å². The maximum Gasteiger partial charge on any atom is 0.321 e. The minimum absolute atomic E-state index is 0.00281. The van der Waals surface area contributed by atoms with Crippen LogP contribution in [0.25, 0.3) is 0 Å². The molecule has 0 radical (unpaired) electrons. The number of carboxylic acids is 1. The largest absolute Gasteiger partial charge is 0.480 e. The molecule has 1 saturated heterocycles. The second-order valence-electron chi connectivity index (χ2n) is 9.37. The van der Waals surface area contributed by atoms with Gasteiger partial charge in [0.15, 0.2) is 17.3 Å². The predicted molar refractivity (Wildman–Crippen MR) is 122 cm³/mol. The number of hydrogen-bond acceptors (Lipinski definition) is 6. The van der Waals surface area contributed by atoms with Crippen LogP contribution in [0.15, 0.2) is 42.5 Å². The highest BCUT2D eigenvalue weighted by molar-refractivity contribution is 5.98. The fourth-order valence-corrected chi connectivity index (χ4v) is 4.20. The van der Waals surface area contributed by atoms with Gasteiger partial charge in [0, 0.05) is 49.9 Å². The van der Waals surface area contributed by atoms with Crippen molar-refractivity contribution < 1.29 is 24.2 Å². The zero-order valence-electron chi connectivity index (χ0n) is 18.8. The van der Waals surface area contributed by atoms with Crippen molar-refractivity contribution >= 4 is 17.4 Å². The summed E-state index contributed by atoms with van der Waals surface area (Å²) in [5.74, 6) is 0.376. The van der Waals surface area contributed by atoms with Crippen LogP contribution < -0.4 is 14.4 Å². The van der Waals surface area contributed by atoms with E-state index in [0.717, 1.165) is 22.7 Å². The number of carbonyl (C=O) groups excluding carboxylic acids is 1. The number of carbonyl (C=O) groups is 2. The van der Waals surface area contributed by atoms with Crippen LogP contribution in [0.3, 0.4) is 0 Å². The molecule has 7 heteroatoms. The van der Waals surface area contributed by atoms with Gasteiger partial charge in [0.05, 0.1) is 0 Å². The van der Waals surface area contributed by atoms with Crippen molar-refractivity contribution in [1.82, 2.24) is 4.90 Å². The smallest absolute Gasteiger partial charge is 0.321 e. The van der Waals surface area contributed by atoms with E-state index in [4.69, 9.17) is 9.47 Å². The summed E-state index contributed by atoms with van der Waals surface area (Å²) in [6, 6.07) is 12.5. The van der Waals surface area contributed by atoms with Crippen LogP contribution in [-0.2, 0) is 10.2 Å². The molecule has 2 heterocycles. The number of ketones is 1. The molecule has 0 spiro atoms. The van der Waals surface area contributed by atoms with Crippen molar-refractivity contribution in [2.24, 2.45) is 0 Å². The molecule has 2 aromatic carbocycles. The number of benzene rings is 2. The first kappa shape index (κ1) is 22.1. The number of carboxylic acid groups (broad SMARTS) is 1. The van der Waals surface area contributed by atoms with E-state index < -0.39 is 12.0 Å². The van der Waals surface area contributed by atoms with Gasteiger partial charge in [0.2, 0.25) is 6.79 Å². The van der Waals surface area contributed by atoms with Crippen LogP contribution in [0.5, 0.6) is 11.5 Å². The lowest BCUT2D eigenvalue weighted by molar-refractivity contribution is -0.143.